The number of fused-ring (bicyclic) bond motifs is 1. The predicted molar refractivity (Wildman–Crippen MR) is 82.3 cm³/mol. The molecule has 0 spiro atoms. The second kappa shape index (κ2) is 5.47. The summed E-state index contributed by atoms with van der Waals surface area (Å²) in [5.41, 5.74) is 3.72. The Balaban J connectivity index is 1.79. The number of benzene rings is 1. The highest BCUT2D eigenvalue weighted by atomic mass is 15.1. The van der Waals surface area contributed by atoms with Crippen LogP contribution in [0.2, 0.25) is 0 Å². The Morgan fingerprint density at radius 3 is 2.65 bits per heavy atom. The lowest BCUT2D eigenvalue weighted by atomic mass is 10.2. The van der Waals surface area contributed by atoms with E-state index in [0.29, 0.717) is 0 Å². The largest absolute Gasteiger partial charge is 0.335 e. The summed E-state index contributed by atoms with van der Waals surface area (Å²) in [7, 11) is 4.21. The van der Waals surface area contributed by atoms with E-state index in [1.54, 1.807) is 0 Å². The first-order valence-electron chi connectivity index (χ1n) is 6.85. The van der Waals surface area contributed by atoms with Crippen LogP contribution in [0.1, 0.15) is 11.1 Å². The van der Waals surface area contributed by atoms with E-state index in [1.807, 2.05) is 12.3 Å². The van der Waals surface area contributed by atoms with Gasteiger partial charge in [0.25, 0.3) is 0 Å². The molecule has 0 radical (unpaired) electrons. The standard InChI is InChI=1S/C17H19N3/c1-19(11-14-7-4-3-5-8-14)12-15-13-20(2)17-16(15)9-6-10-18-17/h3-10,13H,11-12H2,1-2H3. The maximum atomic E-state index is 4.44. The Morgan fingerprint density at radius 1 is 1.05 bits per heavy atom. The highest BCUT2D eigenvalue weighted by Gasteiger charge is 2.09. The molecule has 0 unspecified atom stereocenters. The molecular weight excluding hydrogens is 246 g/mol. The molecule has 3 rings (SSSR count). The molecule has 0 fully saturated rings. The van der Waals surface area contributed by atoms with E-state index in [-0.39, 0.29) is 0 Å². The SMILES string of the molecule is CN(Cc1ccccc1)Cc1cn(C)c2ncccc12. The minimum absolute atomic E-state index is 0.928. The zero-order valence-corrected chi connectivity index (χ0v) is 12.0. The maximum absolute atomic E-state index is 4.44. The first-order chi connectivity index (χ1) is 9.74. The van der Waals surface area contributed by atoms with Crippen LogP contribution in [-0.2, 0) is 20.1 Å². The van der Waals surface area contributed by atoms with Gasteiger partial charge < -0.3 is 4.57 Å². The molecule has 0 atom stereocenters. The molecule has 0 N–H and O–H groups in total. The summed E-state index contributed by atoms with van der Waals surface area (Å²) in [6, 6.07) is 14.7. The smallest absolute Gasteiger partial charge is 0.139 e. The topological polar surface area (TPSA) is 21.1 Å². The van der Waals surface area contributed by atoms with Gasteiger partial charge in [-0.25, -0.2) is 4.98 Å². The van der Waals surface area contributed by atoms with Crippen molar-refractivity contribution in [2.24, 2.45) is 7.05 Å². The number of aromatic nitrogens is 2. The van der Waals surface area contributed by atoms with Gasteiger partial charge in [0.2, 0.25) is 0 Å². The van der Waals surface area contributed by atoms with Crippen LogP contribution in [0.15, 0.2) is 54.9 Å². The molecule has 1 aromatic carbocycles. The fourth-order valence-corrected chi connectivity index (χ4v) is 2.66. The average molecular weight is 265 g/mol. The van der Waals surface area contributed by atoms with Gasteiger partial charge in [0.1, 0.15) is 5.65 Å². The molecular formula is C17H19N3. The number of hydrogen-bond acceptors (Lipinski definition) is 2. The molecule has 0 bridgehead atoms. The van der Waals surface area contributed by atoms with E-state index < -0.39 is 0 Å². The lowest BCUT2D eigenvalue weighted by Gasteiger charge is -2.16. The van der Waals surface area contributed by atoms with Gasteiger partial charge in [-0.1, -0.05) is 30.3 Å². The summed E-state index contributed by atoms with van der Waals surface area (Å²) in [4.78, 5) is 6.77. The fourth-order valence-electron chi connectivity index (χ4n) is 2.66. The number of pyridine rings is 1. The summed E-state index contributed by atoms with van der Waals surface area (Å²) < 4.78 is 2.10. The Morgan fingerprint density at radius 2 is 1.85 bits per heavy atom. The van der Waals surface area contributed by atoms with Gasteiger partial charge >= 0.3 is 0 Å². The molecule has 3 aromatic rings. The zero-order valence-electron chi connectivity index (χ0n) is 12.0. The molecule has 2 aromatic heterocycles. The maximum Gasteiger partial charge on any atom is 0.139 e. The van der Waals surface area contributed by atoms with Crippen molar-refractivity contribution in [3.63, 3.8) is 0 Å². The Hall–Kier alpha value is -2.13. The Labute approximate surface area is 119 Å². The summed E-state index contributed by atoms with van der Waals surface area (Å²) >= 11 is 0. The third-order valence-electron chi connectivity index (χ3n) is 3.55. The van der Waals surface area contributed by atoms with Gasteiger partial charge in [0, 0.05) is 37.9 Å². The summed E-state index contributed by atoms with van der Waals surface area (Å²) in [6.07, 6.45) is 4.03. The molecule has 0 amide bonds. The van der Waals surface area contributed by atoms with Crippen LogP contribution >= 0.6 is 0 Å². The molecule has 0 aliphatic carbocycles. The average Bonchev–Trinajstić information content (AvgIpc) is 2.77. The van der Waals surface area contributed by atoms with Crippen molar-refractivity contribution in [2.45, 2.75) is 13.1 Å². The van der Waals surface area contributed by atoms with Crippen LogP contribution < -0.4 is 0 Å². The van der Waals surface area contributed by atoms with Crippen molar-refractivity contribution in [3.8, 4) is 0 Å². The van der Waals surface area contributed by atoms with Crippen molar-refractivity contribution in [1.82, 2.24) is 14.5 Å². The van der Waals surface area contributed by atoms with Gasteiger partial charge in [0.05, 0.1) is 0 Å². The third-order valence-corrected chi connectivity index (χ3v) is 3.55. The zero-order chi connectivity index (χ0) is 13.9. The molecule has 0 aliphatic rings. The van der Waals surface area contributed by atoms with Gasteiger partial charge in [-0.05, 0) is 30.3 Å². The quantitative estimate of drug-likeness (QED) is 0.722. The van der Waals surface area contributed by atoms with E-state index in [2.05, 4.69) is 71.1 Å². The predicted octanol–water partition coefficient (Wildman–Crippen LogP) is 3.21. The molecule has 0 saturated heterocycles. The second-order valence-corrected chi connectivity index (χ2v) is 5.30. The van der Waals surface area contributed by atoms with Gasteiger partial charge in [-0.2, -0.15) is 0 Å². The highest BCUT2D eigenvalue weighted by molar-refractivity contribution is 5.80. The highest BCUT2D eigenvalue weighted by Crippen LogP contribution is 2.20. The molecule has 0 saturated carbocycles. The van der Waals surface area contributed by atoms with Crippen LogP contribution in [0.3, 0.4) is 0 Å². The molecule has 0 aliphatic heterocycles. The summed E-state index contributed by atoms with van der Waals surface area (Å²) in [6.45, 7) is 1.88. The van der Waals surface area contributed by atoms with Crippen LogP contribution in [-0.4, -0.2) is 21.5 Å². The van der Waals surface area contributed by atoms with Gasteiger partial charge in [-0.15, -0.1) is 0 Å². The summed E-state index contributed by atoms with van der Waals surface area (Å²) in [5, 5.41) is 1.25. The van der Waals surface area contributed by atoms with Gasteiger partial charge in [-0.3, -0.25) is 4.90 Å². The summed E-state index contributed by atoms with van der Waals surface area (Å²) in [5.74, 6) is 0. The minimum atomic E-state index is 0.928. The van der Waals surface area contributed by atoms with Crippen LogP contribution in [0, 0.1) is 0 Å². The van der Waals surface area contributed by atoms with E-state index in [0.717, 1.165) is 18.7 Å². The number of hydrogen-bond donors (Lipinski definition) is 0. The molecule has 3 heteroatoms. The molecule has 20 heavy (non-hydrogen) atoms. The fraction of sp³-hybridized carbons (Fsp3) is 0.235. The Kier molecular flexibility index (Phi) is 3.52. The van der Waals surface area contributed by atoms with Crippen LogP contribution in [0.25, 0.3) is 11.0 Å². The van der Waals surface area contributed by atoms with E-state index in [4.69, 9.17) is 0 Å². The van der Waals surface area contributed by atoms with E-state index in [9.17, 15) is 0 Å². The van der Waals surface area contributed by atoms with Crippen molar-refractivity contribution >= 4 is 11.0 Å². The van der Waals surface area contributed by atoms with Crippen LogP contribution in [0.5, 0.6) is 0 Å². The minimum Gasteiger partial charge on any atom is -0.335 e. The Bertz CT molecular complexity index is 701. The number of nitrogens with zero attached hydrogens (tertiary/aromatic N) is 3. The first-order valence-corrected chi connectivity index (χ1v) is 6.85. The van der Waals surface area contributed by atoms with Gasteiger partial charge in [0.15, 0.2) is 0 Å². The van der Waals surface area contributed by atoms with E-state index >= 15 is 0 Å². The van der Waals surface area contributed by atoms with Crippen molar-refractivity contribution in [3.05, 3.63) is 66.0 Å². The van der Waals surface area contributed by atoms with E-state index in [1.165, 1.54) is 16.5 Å². The third kappa shape index (κ3) is 2.58. The molecule has 3 nitrogen and oxygen atoms in total. The second-order valence-electron chi connectivity index (χ2n) is 5.30. The number of rotatable bonds is 4. The lowest BCUT2D eigenvalue weighted by Crippen LogP contribution is -2.16. The molecule has 2 heterocycles. The number of aryl methyl sites for hydroxylation is 1. The van der Waals surface area contributed by atoms with Crippen molar-refractivity contribution < 1.29 is 0 Å². The van der Waals surface area contributed by atoms with Crippen molar-refractivity contribution in [1.29, 1.82) is 0 Å². The molecule has 102 valence electrons. The first kappa shape index (κ1) is 12.9. The normalized spacial score (nSPS) is 11.3. The lowest BCUT2D eigenvalue weighted by molar-refractivity contribution is 0.320. The monoisotopic (exact) mass is 265 g/mol. The van der Waals surface area contributed by atoms with Crippen molar-refractivity contribution in [2.75, 3.05) is 7.05 Å². The van der Waals surface area contributed by atoms with Crippen LogP contribution in [0.4, 0.5) is 0 Å².